The first-order chi connectivity index (χ1) is 9.95. The maximum atomic E-state index is 5.54. The monoisotopic (exact) mass is 271 g/mol. The molecule has 2 aromatic rings. The van der Waals surface area contributed by atoms with E-state index in [4.69, 9.17) is 9.47 Å². The molecule has 0 saturated carbocycles. The molecule has 0 unspecified atom stereocenters. The van der Waals surface area contributed by atoms with E-state index in [1.54, 1.807) is 0 Å². The molecular formula is C17H21NO2. The normalized spacial score (nSPS) is 10.2. The van der Waals surface area contributed by atoms with Crippen LogP contribution in [0.2, 0.25) is 0 Å². The highest BCUT2D eigenvalue weighted by atomic mass is 16.5. The van der Waals surface area contributed by atoms with Crippen molar-refractivity contribution >= 4 is 5.69 Å². The van der Waals surface area contributed by atoms with E-state index in [-0.39, 0.29) is 0 Å². The highest BCUT2D eigenvalue weighted by Gasteiger charge is 1.93. The van der Waals surface area contributed by atoms with Gasteiger partial charge < -0.3 is 14.8 Å². The largest absolute Gasteiger partial charge is 0.491 e. The molecular weight excluding hydrogens is 250 g/mol. The maximum Gasteiger partial charge on any atom is 0.119 e. The summed E-state index contributed by atoms with van der Waals surface area (Å²) in [7, 11) is 0. The highest BCUT2D eigenvalue weighted by molar-refractivity contribution is 5.42. The van der Waals surface area contributed by atoms with E-state index >= 15 is 0 Å². The third-order valence-corrected chi connectivity index (χ3v) is 2.81. The number of benzene rings is 2. The van der Waals surface area contributed by atoms with Crippen molar-refractivity contribution in [2.45, 2.75) is 6.42 Å². The van der Waals surface area contributed by atoms with E-state index in [0.717, 1.165) is 31.0 Å². The van der Waals surface area contributed by atoms with Gasteiger partial charge in [0.25, 0.3) is 0 Å². The molecule has 3 heteroatoms. The summed E-state index contributed by atoms with van der Waals surface area (Å²) in [5.74, 6) is 0.891. The number of hydrogen-bond acceptors (Lipinski definition) is 3. The maximum absolute atomic E-state index is 5.54. The summed E-state index contributed by atoms with van der Waals surface area (Å²) in [6, 6.07) is 20.0. The number of anilines is 1. The molecule has 0 amide bonds. The summed E-state index contributed by atoms with van der Waals surface area (Å²) in [6.07, 6.45) is 0.986. The van der Waals surface area contributed by atoms with Crippen molar-refractivity contribution in [3.63, 3.8) is 0 Å². The lowest BCUT2D eigenvalue weighted by Crippen LogP contribution is -2.10. The van der Waals surface area contributed by atoms with E-state index in [0.29, 0.717) is 13.2 Å². The summed E-state index contributed by atoms with van der Waals surface area (Å²) in [5, 5.41) is 3.35. The lowest BCUT2D eigenvalue weighted by Gasteiger charge is -2.08. The van der Waals surface area contributed by atoms with Crippen LogP contribution in [0, 0.1) is 0 Å². The number of para-hydroxylation sites is 2. The molecule has 0 spiro atoms. The topological polar surface area (TPSA) is 30.5 Å². The van der Waals surface area contributed by atoms with Crippen LogP contribution in [0.25, 0.3) is 0 Å². The first kappa shape index (κ1) is 14.4. The molecule has 0 aliphatic rings. The average Bonchev–Trinajstić information content (AvgIpc) is 2.52. The Balaban J connectivity index is 1.44. The fourth-order valence-corrected chi connectivity index (χ4v) is 1.80. The Kier molecular flexibility index (Phi) is 6.48. The van der Waals surface area contributed by atoms with Crippen LogP contribution in [-0.4, -0.2) is 26.4 Å². The molecule has 0 aliphatic heterocycles. The van der Waals surface area contributed by atoms with Gasteiger partial charge in [-0.1, -0.05) is 36.4 Å². The lowest BCUT2D eigenvalue weighted by molar-refractivity contribution is 0.0999. The van der Waals surface area contributed by atoms with Crippen LogP contribution in [0.3, 0.4) is 0 Å². The second kappa shape index (κ2) is 8.99. The molecule has 2 rings (SSSR count). The molecule has 3 nitrogen and oxygen atoms in total. The van der Waals surface area contributed by atoms with E-state index in [2.05, 4.69) is 17.4 Å². The van der Waals surface area contributed by atoms with Crippen molar-refractivity contribution in [1.82, 2.24) is 0 Å². The molecule has 0 heterocycles. The third kappa shape index (κ3) is 5.76. The average molecular weight is 271 g/mol. The molecule has 0 radical (unpaired) electrons. The second-order valence-corrected chi connectivity index (χ2v) is 4.42. The number of hydrogen-bond donors (Lipinski definition) is 1. The summed E-state index contributed by atoms with van der Waals surface area (Å²) in [6.45, 7) is 2.89. The zero-order valence-corrected chi connectivity index (χ0v) is 11.6. The fourth-order valence-electron chi connectivity index (χ4n) is 1.80. The van der Waals surface area contributed by atoms with Crippen molar-refractivity contribution < 1.29 is 9.47 Å². The molecule has 20 heavy (non-hydrogen) atoms. The van der Waals surface area contributed by atoms with Gasteiger partial charge in [-0.25, -0.2) is 0 Å². The molecule has 1 N–H and O–H groups in total. The third-order valence-electron chi connectivity index (χ3n) is 2.81. The number of nitrogens with one attached hydrogen (secondary N) is 1. The molecule has 0 aromatic heterocycles. The van der Waals surface area contributed by atoms with Crippen LogP contribution in [0.15, 0.2) is 60.7 Å². The SMILES string of the molecule is c1ccc(NCCCOCCOc2ccccc2)cc1. The molecule has 0 aliphatic carbocycles. The van der Waals surface area contributed by atoms with E-state index in [1.807, 2.05) is 48.5 Å². The van der Waals surface area contributed by atoms with E-state index < -0.39 is 0 Å². The molecule has 0 fully saturated rings. The Hall–Kier alpha value is -2.00. The number of ether oxygens (including phenoxy) is 2. The molecule has 0 bridgehead atoms. The smallest absolute Gasteiger partial charge is 0.119 e. The highest BCUT2D eigenvalue weighted by Crippen LogP contribution is 2.07. The fraction of sp³-hybridized carbons (Fsp3) is 0.294. The quantitative estimate of drug-likeness (QED) is 0.707. The summed E-state index contributed by atoms with van der Waals surface area (Å²) >= 11 is 0. The van der Waals surface area contributed by atoms with Crippen LogP contribution in [0.1, 0.15) is 6.42 Å². The van der Waals surface area contributed by atoms with Crippen LogP contribution < -0.4 is 10.1 Å². The molecule has 2 aromatic carbocycles. The Morgan fingerprint density at radius 3 is 2.20 bits per heavy atom. The van der Waals surface area contributed by atoms with Gasteiger partial charge in [-0.15, -0.1) is 0 Å². The zero-order chi connectivity index (χ0) is 13.9. The van der Waals surface area contributed by atoms with Crippen LogP contribution in [-0.2, 0) is 4.74 Å². The number of rotatable bonds is 9. The Labute approximate surface area is 120 Å². The van der Waals surface area contributed by atoms with Crippen molar-refractivity contribution in [1.29, 1.82) is 0 Å². The van der Waals surface area contributed by atoms with Gasteiger partial charge in [0.2, 0.25) is 0 Å². The summed E-state index contributed by atoms with van der Waals surface area (Å²) in [4.78, 5) is 0. The molecule has 0 atom stereocenters. The van der Waals surface area contributed by atoms with Crippen LogP contribution in [0.4, 0.5) is 5.69 Å². The Morgan fingerprint density at radius 2 is 1.45 bits per heavy atom. The summed E-state index contributed by atoms with van der Waals surface area (Å²) in [5.41, 5.74) is 1.15. The van der Waals surface area contributed by atoms with E-state index in [9.17, 15) is 0 Å². The zero-order valence-electron chi connectivity index (χ0n) is 11.6. The predicted octanol–water partition coefficient (Wildman–Crippen LogP) is 3.58. The van der Waals surface area contributed by atoms with Gasteiger partial charge in [-0.3, -0.25) is 0 Å². The molecule has 0 saturated heterocycles. The second-order valence-electron chi connectivity index (χ2n) is 4.42. The summed E-state index contributed by atoms with van der Waals surface area (Å²) < 4.78 is 11.1. The van der Waals surface area contributed by atoms with Crippen LogP contribution >= 0.6 is 0 Å². The van der Waals surface area contributed by atoms with Gasteiger partial charge in [-0.05, 0) is 30.7 Å². The minimum absolute atomic E-state index is 0.593. The van der Waals surface area contributed by atoms with Gasteiger partial charge >= 0.3 is 0 Å². The van der Waals surface area contributed by atoms with Crippen molar-refractivity contribution in [3.05, 3.63) is 60.7 Å². The molecule has 106 valence electrons. The first-order valence-corrected chi connectivity index (χ1v) is 7.00. The van der Waals surface area contributed by atoms with Crippen molar-refractivity contribution in [2.75, 3.05) is 31.7 Å². The predicted molar refractivity (Wildman–Crippen MR) is 82.3 cm³/mol. The minimum atomic E-state index is 0.593. The first-order valence-electron chi connectivity index (χ1n) is 7.00. The van der Waals surface area contributed by atoms with E-state index in [1.165, 1.54) is 0 Å². The van der Waals surface area contributed by atoms with Gasteiger partial charge in [0.1, 0.15) is 12.4 Å². The Bertz CT molecular complexity index is 413. The van der Waals surface area contributed by atoms with Crippen molar-refractivity contribution in [2.24, 2.45) is 0 Å². The van der Waals surface area contributed by atoms with Crippen molar-refractivity contribution in [3.8, 4) is 5.75 Å². The Morgan fingerprint density at radius 1 is 0.750 bits per heavy atom. The lowest BCUT2D eigenvalue weighted by atomic mass is 10.3. The van der Waals surface area contributed by atoms with Gasteiger partial charge in [0, 0.05) is 18.8 Å². The van der Waals surface area contributed by atoms with Gasteiger partial charge in [0.15, 0.2) is 0 Å². The van der Waals surface area contributed by atoms with Crippen LogP contribution in [0.5, 0.6) is 5.75 Å². The minimum Gasteiger partial charge on any atom is -0.491 e. The van der Waals surface area contributed by atoms with Gasteiger partial charge in [0.05, 0.1) is 6.61 Å². The van der Waals surface area contributed by atoms with Gasteiger partial charge in [-0.2, -0.15) is 0 Å². The standard InChI is InChI=1S/C17H21NO2/c1-3-8-16(9-4-1)18-12-7-13-19-14-15-20-17-10-5-2-6-11-17/h1-6,8-11,18H,7,12-15H2.